The standard InChI is InChI=1S/C16H21NO2/c1-2-7-14(8-3-1)17-12-13-6-4-9-15-16(13)19-11-5-10-18-15/h1-2,4,6,9,14,17H,3,5,7-8,10-12H2. The van der Waals surface area contributed by atoms with E-state index in [0.29, 0.717) is 6.04 Å². The maximum Gasteiger partial charge on any atom is 0.165 e. The first kappa shape index (κ1) is 12.5. The fraction of sp³-hybridized carbons (Fsp3) is 0.500. The Bertz CT molecular complexity index is 456. The third-order valence-electron chi connectivity index (χ3n) is 3.70. The van der Waals surface area contributed by atoms with Gasteiger partial charge in [0.05, 0.1) is 13.2 Å². The van der Waals surface area contributed by atoms with Gasteiger partial charge in [-0.2, -0.15) is 0 Å². The summed E-state index contributed by atoms with van der Waals surface area (Å²) in [5.74, 6) is 1.82. The maximum absolute atomic E-state index is 5.84. The number of para-hydroxylation sites is 1. The van der Waals surface area contributed by atoms with Gasteiger partial charge in [0.15, 0.2) is 11.5 Å². The van der Waals surface area contributed by atoms with Crippen LogP contribution in [-0.4, -0.2) is 19.3 Å². The van der Waals surface area contributed by atoms with Gasteiger partial charge in [0.1, 0.15) is 0 Å². The first-order valence-corrected chi connectivity index (χ1v) is 7.19. The van der Waals surface area contributed by atoms with Crippen molar-refractivity contribution < 1.29 is 9.47 Å². The lowest BCUT2D eigenvalue weighted by Gasteiger charge is -2.20. The van der Waals surface area contributed by atoms with Crippen molar-refractivity contribution in [3.8, 4) is 11.5 Å². The molecule has 0 saturated carbocycles. The Kier molecular flexibility index (Phi) is 4.04. The van der Waals surface area contributed by atoms with E-state index in [9.17, 15) is 0 Å². The number of hydrogen-bond acceptors (Lipinski definition) is 3. The third-order valence-corrected chi connectivity index (χ3v) is 3.70. The lowest BCUT2D eigenvalue weighted by molar-refractivity contribution is 0.295. The van der Waals surface area contributed by atoms with Crippen molar-refractivity contribution in [3.63, 3.8) is 0 Å². The number of hydrogen-bond donors (Lipinski definition) is 1. The zero-order valence-corrected chi connectivity index (χ0v) is 11.2. The summed E-state index contributed by atoms with van der Waals surface area (Å²) in [5, 5.41) is 3.62. The summed E-state index contributed by atoms with van der Waals surface area (Å²) >= 11 is 0. The molecule has 0 saturated heterocycles. The molecule has 1 heterocycles. The molecule has 102 valence electrons. The molecule has 3 heteroatoms. The van der Waals surface area contributed by atoms with Crippen LogP contribution < -0.4 is 14.8 Å². The van der Waals surface area contributed by atoms with Crippen LogP contribution in [0, 0.1) is 0 Å². The van der Waals surface area contributed by atoms with Crippen molar-refractivity contribution >= 4 is 0 Å². The molecule has 1 aromatic rings. The van der Waals surface area contributed by atoms with E-state index in [1.807, 2.05) is 12.1 Å². The van der Waals surface area contributed by atoms with Crippen LogP contribution in [0.3, 0.4) is 0 Å². The van der Waals surface area contributed by atoms with Crippen molar-refractivity contribution in [2.45, 2.75) is 38.3 Å². The highest BCUT2D eigenvalue weighted by Gasteiger charge is 2.15. The Labute approximate surface area is 114 Å². The van der Waals surface area contributed by atoms with Crippen LogP contribution >= 0.6 is 0 Å². The van der Waals surface area contributed by atoms with E-state index in [1.54, 1.807) is 0 Å². The molecule has 1 aliphatic heterocycles. The first-order chi connectivity index (χ1) is 9.43. The Morgan fingerprint density at radius 2 is 2.11 bits per heavy atom. The molecule has 0 fully saturated rings. The van der Waals surface area contributed by atoms with E-state index >= 15 is 0 Å². The SMILES string of the molecule is C1=CCC(NCc2cccc3c2OCCCO3)CC1. The minimum Gasteiger partial charge on any atom is -0.490 e. The molecule has 0 amide bonds. The van der Waals surface area contributed by atoms with Crippen LogP contribution in [0.4, 0.5) is 0 Å². The third kappa shape index (κ3) is 3.10. The molecular formula is C16H21NO2. The first-order valence-electron chi connectivity index (χ1n) is 7.19. The second kappa shape index (κ2) is 6.11. The minimum atomic E-state index is 0.590. The highest BCUT2D eigenvalue weighted by molar-refractivity contribution is 5.47. The van der Waals surface area contributed by atoms with Gasteiger partial charge in [0, 0.05) is 24.6 Å². The fourth-order valence-corrected chi connectivity index (χ4v) is 2.63. The minimum absolute atomic E-state index is 0.590. The van der Waals surface area contributed by atoms with Crippen molar-refractivity contribution in [2.75, 3.05) is 13.2 Å². The van der Waals surface area contributed by atoms with Crippen LogP contribution in [0.1, 0.15) is 31.2 Å². The Hall–Kier alpha value is -1.48. The van der Waals surface area contributed by atoms with E-state index in [2.05, 4.69) is 23.5 Å². The molecule has 1 aromatic carbocycles. The monoisotopic (exact) mass is 259 g/mol. The predicted molar refractivity (Wildman–Crippen MR) is 75.7 cm³/mol. The summed E-state index contributed by atoms with van der Waals surface area (Å²) < 4.78 is 11.6. The van der Waals surface area contributed by atoms with Crippen molar-refractivity contribution in [1.82, 2.24) is 5.32 Å². The molecule has 0 bridgehead atoms. The average Bonchev–Trinajstić information content (AvgIpc) is 2.72. The maximum atomic E-state index is 5.84. The lowest BCUT2D eigenvalue weighted by Crippen LogP contribution is -2.29. The van der Waals surface area contributed by atoms with Gasteiger partial charge < -0.3 is 14.8 Å². The normalized spacial score (nSPS) is 22.0. The Balaban J connectivity index is 1.68. The van der Waals surface area contributed by atoms with E-state index < -0.39 is 0 Å². The number of rotatable bonds is 3. The van der Waals surface area contributed by atoms with Gasteiger partial charge in [0.25, 0.3) is 0 Å². The number of benzene rings is 1. The van der Waals surface area contributed by atoms with Crippen molar-refractivity contribution in [1.29, 1.82) is 0 Å². The zero-order chi connectivity index (χ0) is 12.9. The largest absolute Gasteiger partial charge is 0.490 e. The van der Waals surface area contributed by atoms with Gasteiger partial charge in [-0.3, -0.25) is 0 Å². The molecule has 19 heavy (non-hydrogen) atoms. The number of allylic oxidation sites excluding steroid dienone is 1. The highest BCUT2D eigenvalue weighted by Crippen LogP contribution is 2.33. The lowest BCUT2D eigenvalue weighted by atomic mass is 10.0. The van der Waals surface area contributed by atoms with E-state index in [1.165, 1.54) is 18.4 Å². The summed E-state index contributed by atoms with van der Waals surface area (Å²) in [6.45, 7) is 2.35. The molecule has 1 atom stereocenters. The molecule has 3 rings (SSSR count). The molecular weight excluding hydrogens is 238 g/mol. The molecule has 0 aromatic heterocycles. The predicted octanol–water partition coefficient (Wildman–Crippen LogP) is 3.05. The fourth-order valence-electron chi connectivity index (χ4n) is 2.63. The van der Waals surface area contributed by atoms with Gasteiger partial charge >= 0.3 is 0 Å². The summed E-state index contributed by atoms with van der Waals surface area (Å²) in [5.41, 5.74) is 1.20. The second-order valence-corrected chi connectivity index (χ2v) is 5.16. The van der Waals surface area contributed by atoms with E-state index in [0.717, 1.165) is 44.1 Å². The molecule has 1 aliphatic carbocycles. The van der Waals surface area contributed by atoms with Crippen LogP contribution in [-0.2, 0) is 6.54 Å². The Morgan fingerprint density at radius 1 is 1.16 bits per heavy atom. The summed E-state index contributed by atoms with van der Waals surface area (Å²) in [6, 6.07) is 6.75. The molecule has 3 nitrogen and oxygen atoms in total. The highest BCUT2D eigenvalue weighted by atomic mass is 16.5. The summed E-state index contributed by atoms with van der Waals surface area (Å²) in [4.78, 5) is 0. The van der Waals surface area contributed by atoms with Gasteiger partial charge in [-0.1, -0.05) is 24.3 Å². The van der Waals surface area contributed by atoms with Crippen molar-refractivity contribution in [3.05, 3.63) is 35.9 Å². The zero-order valence-electron chi connectivity index (χ0n) is 11.2. The summed E-state index contributed by atoms with van der Waals surface area (Å²) in [7, 11) is 0. The topological polar surface area (TPSA) is 30.5 Å². The molecule has 1 unspecified atom stereocenters. The Morgan fingerprint density at radius 3 is 3.00 bits per heavy atom. The molecule has 0 radical (unpaired) electrons. The van der Waals surface area contributed by atoms with Gasteiger partial charge in [0.2, 0.25) is 0 Å². The molecule has 2 aliphatic rings. The summed E-state index contributed by atoms with van der Waals surface area (Å²) in [6.07, 6.45) is 9.03. The van der Waals surface area contributed by atoms with Crippen LogP contribution in [0.5, 0.6) is 11.5 Å². The number of nitrogens with one attached hydrogen (secondary N) is 1. The smallest absolute Gasteiger partial charge is 0.165 e. The van der Waals surface area contributed by atoms with Crippen molar-refractivity contribution in [2.24, 2.45) is 0 Å². The van der Waals surface area contributed by atoms with Crippen LogP contribution in [0.15, 0.2) is 30.4 Å². The van der Waals surface area contributed by atoms with Crippen LogP contribution in [0.25, 0.3) is 0 Å². The second-order valence-electron chi connectivity index (χ2n) is 5.16. The number of ether oxygens (including phenoxy) is 2. The van der Waals surface area contributed by atoms with Gasteiger partial charge in [-0.25, -0.2) is 0 Å². The molecule has 1 N–H and O–H groups in total. The quantitative estimate of drug-likeness (QED) is 0.846. The van der Waals surface area contributed by atoms with Gasteiger partial charge in [-0.05, 0) is 25.3 Å². The average molecular weight is 259 g/mol. The molecule has 0 spiro atoms. The van der Waals surface area contributed by atoms with E-state index in [-0.39, 0.29) is 0 Å². The van der Waals surface area contributed by atoms with Gasteiger partial charge in [-0.15, -0.1) is 0 Å². The van der Waals surface area contributed by atoms with Crippen LogP contribution in [0.2, 0.25) is 0 Å². The number of fused-ring (bicyclic) bond motifs is 1. The van der Waals surface area contributed by atoms with E-state index in [4.69, 9.17) is 9.47 Å².